The number of hydrogen-bond acceptors (Lipinski definition) is 4. The van der Waals surface area contributed by atoms with Crippen LogP contribution in [0.1, 0.15) is 40.0 Å². The monoisotopic (exact) mass is 283 g/mol. The summed E-state index contributed by atoms with van der Waals surface area (Å²) in [4.78, 5) is 47.8. The van der Waals surface area contributed by atoms with Crippen molar-refractivity contribution in [2.75, 3.05) is 6.54 Å². The van der Waals surface area contributed by atoms with Crippen molar-refractivity contribution in [3.63, 3.8) is 0 Å². The summed E-state index contributed by atoms with van der Waals surface area (Å²) in [6.07, 6.45) is 1.09. The lowest BCUT2D eigenvalue weighted by molar-refractivity contribution is -0.142. The van der Waals surface area contributed by atoms with E-state index in [1.54, 1.807) is 0 Å². The van der Waals surface area contributed by atoms with Gasteiger partial charge in [0.2, 0.25) is 17.7 Å². The van der Waals surface area contributed by atoms with Crippen molar-refractivity contribution >= 4 is 23.8 Å². The predicted molar refractivity (Wildman–Crippen MR) is 71.5 cm³/mol. The maximum absolute atomic E-state index is 12.1. The van der Waals surface area contributed by atoms with Crippen LogP contribution < -0.4 is 10.6 Å². The third kappa shape index (κ3) is 4.04. The SMILES string of the molecule is CCCC1C(=O)NC(=O)N(CCC(=O)NC(C)C)C1=O. The maximum Gasteiger partial charge on any atom is 0.330 e. The number of barbiturate groups is 1. The molecular formula is C13H21N3O4. The Balaban J connectivity index is 2.63. The Morgan fingerprint density at radius 3 is 2.55 bits per heavy atom. The molecule has 2 N–H and O–H groups in total. The number of nitrogens with zero attached hydrogens (tertiary/aromatic N) is 1. The molecule has 7 heteroatoms. The van der Waals surface area contributed by atoms with E-state index in [2.05, 4.69) is 10.6 Å². The Kier molecular flexibility index (Phi) is 5.66. The molecule has 1 heterocycles. The van der Waals surface area contributed by atoms with Gasteiger partial charge in [0.05, 0.1) is 0 Å². The molecule has 0 saturated carbocycles. The van der Waals surface area contributed by atoms with Crippen LogP contribution in [0.2, 0.25) is 0 Å². The Labute approximate surface area is 118 Å². The summed E-state index contributed by atoms with van der Waals surface area (Å²) in [5.74, 6) is -2.13. The largest absolute Gasteiger partial charge is 0.354 e. The number of carbonyl (C=O) groups is 4. The Hall–Kier alpha value is -1.92. The molecule has 0 spiro atoms. The summed E-state index contributed by atoms with van der Waals surface area (Å²) in [6.45, 7) is 5.49. The lowest BCUT2D eigenvalue weighted by Gasteiger charge is -2.29. The average Bonchev–Trinajstić information content (AvgIpc) is 2.33. The van der Waals surface area contributed by atoms with Gasteiger partial charge in [-0.25, -0.2) is 4.79 Å². The summed E-state index contributed by atoms with van der Waals surface area (Å²) >= 11 is 0. The molecule has 0 aromatic rings. The van der Waals surface area contributed by atoms with Gasteiger partial charge in [0.25, 0.3) is 0 Å². The molecule has 1 fully saturated rings. The highest BCUT2D eigenvalue weighted by molar-refractivity contribution is 6.16. The first-order valence-electron chi connectivity index (χ1n) is 6.82. The van der Waals surface area contributed by atoms with Gasteiger partial charge in [0.1, 0.15) is 5.92 Å². The van der Waals surface area contributed by atoms with Crippen molar-refractivity contribution in [3.05, 3.63) is 0 Å². The van der Waals surface area contributed by atoms with Gasteiger partial charge < -0.3 is 5.32 Å². The van der Waals surface area contributed by atoms with E-state index in [4.69, 9.17) is 0 Å². The van der Waals surface area contributed by atoms with Crippen molar-refractivity contribution in [2.45, 2.75) is 46.1 Å². The van der Waals surface area contributed by atoms with E-state index in [0.717, 1.165) is 4.90 Å². The first-order chi connectivity index (χ1) is 9.36. The lowest BCUT2D eigenvalue weighted by atomic mass is 9.99. The van der Waals surface area contributed by atoms with Crippen LogP contribution >= 0.6 is 0 Å². The van der Waals surface area contributed by atoms with Crippen LogP contribution in [0.5, 0.6) is 0 Å². The number of rotatable bonds is 6. The molecule has 1 unspecified atom stereocenters. The molecule has 0 radical (unpaired) electrons. The van der Waals surface area contributed by atoms with Crippen molar-refractivity contribution < 1.29 is 19.2 Å². The van der Waals surface area contributed by atoms with E-state index in [1.807, 2.05) is 20.8 Å². The van der Waals surface area contributed by atoms with Gasteiger partial charge in [-0.05, 0) is 20.3 Å². The van der Waals surface area contributed by atoms with Gasteiger partial charge >= 0.3 is 6.03 Å². The minimum Gasteiger partial charge on any atom is -0.354 e. The second-order valence-electron chi connectivity index (χ2n) is 5.10. The molecule has 1 atom stereocenters. The van der Waals surface area contributed by atoms with Crippen molar-refractivity contribution in [1.82, 2.24) is 15.5 Å². The molecular weight excluding hydrogens is 262 g/mol. The van der Waals surface area contributed by atoms with E-state index in [1.165, 1.54) is 0 Å². The average molecular weight is 283 g/mol. The number of urea groups is 1. The Bertz CT molecular complexity index is 420. The van der Waals surface area contributed by atoms with Crippen LogP contribution in [0.4, 0.5) is 4.79 Å². The molecule has 112 valence electrons. The summed E-state index contributed by atoms with van der Waals surface area (Å²) < 4.78 is 0. The number of nitrogens with one attached hydrogen (secondary N) is 2. The molecule has 1 saturated heterocycles. The molecule has 20 heavy (non-hydrogen) atoms. The molecule has 0 aromatic carbocycles. The van der Waals surface area contributed by atoms with Gasteiger partial charge in [0.15, 0.2) is 0 Å². The summed E-state index contributed by atoms with van der Waals surface area (Å²) in [6, 6.07) is -0.743. The maximum atomic E-state index is 12.1. The predicted octanol–water partition coefficient (Wildman–Crippen LogP) is 0.396. The second-order valence-corrected chi connectivity index (χ2v) is 5.10. The number of hydrogen-bond donors (Lipinski definition) is 2. The van der Waals surface area contributed by atoms with Crippen molar-refractivity contribution in [2.24, 2.45) is 5.92 Å². The first kappa shape index (κ1) is 16.1. The van der Waals surface area contributed by atoms with Crippen LogP contribution in [-0.4, -0.2) is 41.2 Å². The standard InChI is InChI=1S/C13H21N3O4/c1-4-5-9-11(18)15-13(20)16(12(9)19)7-6-10(17)14-8(2)3/h8-9H,4-7H2,1-3H3,(H,14,17)(H,15,18,20). The summed E-state index contributed by atoms with van der Waals surface area (Å²) in [5.41, 5.74) is 0. The number of amides is 5. The number of carbonyl (C=O) groups excluding carboxylic acids is 4. The zero-order valence-electron chi connectivity index (χ0n) is 12.1. The van der Waals surface area contributed by atoms with E-state index in [0.29, 0.717) is 12.8 Å². The second kappa shape index (κ2) is 7.02. The highest BCUT2D eigenvalue weighted by Gasteiger charge is 2.39. The molecule has 0 bridgehead atoms. The Morgan fingerprint density at radius 1 is 1.35 bits per heavy atom. The highest BCUT2D eigenvalue weighted by atomic mass is 16.2. The Morgan fingerprint density at radius 2 is 2.00 bits per heavy atom. The minimum atomic E-state index is -0.828. The molecule has 1 aliphatic rings. The topological polar surface area (TPSA) is 95.6 Å². The minimum absolute atomic E-state index is 0.00259. The van der Waals surface area contributed by atoms with Crippen molar-refractivity contribution in [1.29, 1.82) is 0 Å². The van der Waals surface area contributed by atoms with E-state index in [-0.39, 0.29) is 24.9 Å². The molecule has 0 aromatic heterocycles. The van der Waals surface area contributed by atoms with E-state index >= 15 is 0 Å². The summed E-state index contributed by atoms with van der Waals surface area (Å²) in [7, 11) is 0. The zero-order chi connectivity index (χ0) is 15.3. The molecule has 1 rings (SSSR count). The third-order valence-electron chi connectivity index (χ3n) is 2.95. The fraction of sp³-hybridized carbons (Fsp3) is 0.692. The van der Waals surface area contributed by atoms with Gasteiger partial charge in [-0.15, -0.1) is 0 Å². The lowest BCUT2D eigenvalue weighted by Crippen LogP contribution is -2.58. The molecule has 1 aliphatic heterocycles. The van der Waals surface area contributed by atoms with Crippen LogP contribution in [0.15, 0.2) is 0 Å². The number of imide groups is 2. The van der Waals surface area contributed by atoms with E-state index in [9.17, 15) is 19.2 Å². The van der Waals surface area contributed by atoms with Gasteiger partial charge in [-0.1, -0.05) is 13.3 Å². The van der Waals surface area contributed by atoms with Gasteiger partial charge in [-0.3, -0.25) is 24.6 Å². The summed E-state index contributed by atoms with van der Waals surface area (Å²) in [5, 5.41) is 4.84. The van der Waals surface area contributed by atoms with Crippen LogP contribution in [0, 0.1) is 5.92 Å². The molecule has 5 amide bonds. The first-order valence-corrected chi connectivity index (χ1v) is 6.82. The van der Waals surface area contributed by atoms with Crippen LogP contribution in [0.25, 0.3) is 0 Å². The zero-order valence-corrected chi connectivity index (χ0v) is 12.1. The van der Waals surface area contributed by atoms with Crippen LogP contribution in [-0.2, 0) is 14.4 Å². The normalized spacial score (nSPS) is 19.3. The van der Waals surface area contributed by atoms with Gasteiger partial charge in [0, 0.05) is 19.0 Å². The fourth-order valence-electron chi connectivity index (χ4n) is 2.02. The molecule has 0 aliphatic carbocycles. The van der Waals surface area contributed by atoms with Crippen molar-refractivity contribution in [3.8, 4) is 0 Å². The smallest absolute Gasteiger partial charge is 0.330 e. The quantitative estimate of drug-likeness (QED) is 0.689. The highest BCUT2D eigenvalue weighted by Crippen LogP contribution is 2.16. The molecule has 7 nitrogen and oxygen atoms in total. The van der Waals surface area contributed by atoms with E-state index < -0.39 is 23.8 Å². The third-order valence-corrected chi connectivity index (χ3v) is 2.95. The fourth-order valence-corrected chi connectivity index (χ4v) is 2.02. The van der Waals surface area contributed by atoms with Gasteiger partial charge in [-0.2, -0.15) is 0 Å². The van der Waals surface area contributed by atoms with Crippen LogP contribution in [0.3, 0.4) is 0 Å².